The minimum atomic E-state index is -4.57. The molecule has 118 valence electrons. The van der Waals surface area contributed by atoms with E-state index in [2.05, 4.69) is 10.4 Å². The first kappa shape index (κ1) is 16.0. The Morgan fingerprint density at radius 1 is 1.36 bits per heavy atom. The Kier molecular flexibility index (Phi) is 4.51. The number of carbonyl (C=O) groups excluding carboxylic acids is 1. The van der Waals surface area contributed by atoms with E-state index in [1.165, 1.54) is 42.2 Å². The van der Waals surface area contributed by atoms with Gasteiger partial charge >= 0.3 is 6.18 Å². The summed E-state index contributed by atoms with van der Waals surface area (Å²) in [6.07, 6.45) is -3.17. The molecule has 0 spiro atoms. The third kappa shape index (κ3) is 3.28. The highest BCUT2D eigenvalue weighted by atomic mass is 19.4. The number of rotatable bonds is 4. The predicted molar refractivity (Wildman–Crippen MR) is 71.9 cm³/mol. The summed E-state index contributed by atoms with van der Waals surface area (Å²) < 4.78 is 40.3. The van der Waals surface area contributed by atoms with Crippen LogP contribution in [0.15, 0.2) is 36.5 Å². The zero-order valence-corrected chi connectivity index (χ0v) is 11.6. The summed E-state index contributed by atoms with van der Waals surface area (Å²) in [7, 11) is 1.53. The number of benzene rings is 1. The van der Waals surface area contributed by atoms with Crippen LogP contribution in [0.2, 0.25) is 0 Å². The third-order valence-corrected chi connectivity index (χ3v) is 3.18. The van der Waals surface area contributed by atoms with Crippen molar-refractivity contribution in [2.75, 3.05) is 6.61 Å². The number of nitrogens with one attached hydrogen (secondary N) is 1. The van der Waals surface area contributed by atoms with Crippen LogP contribution in [-0.2, 0) is 13.2 Å². The zero-order chi connectivity index (χ0) is 16.3. The molecule has 1 aromatic carbocycles. The van der Waals surface area contributed by atoms with Crippen LogP contribution >= 0.6 is 0 Å². The minimum Gasteiger partial charge on any atom is -0.394 e. The Labute approximate surface area is 124 Å². The number of aryl methyl sites for hydroxylation is 1. The standard InChI is InChI=1S/C14H14F3N3O2/c1-20-12(6-7-18-20)13(22)19-11(8-21)9-4-2-3-5-10(9)14(15,16)17/h2-7,11,21H,8H2,1H3,(H,19,22). The Balaban J connectivity index is 2.30. The van der Waals surface area contributed by atoms with Gasteiger partial charge in [0, 0.05) is 13.2 Å². The van der Waals surface area contributed by atoms with Crippen molar-refractivity contribution in [2.45, 2.75) is 12.2 Å². The first-order chi connectivity index (χ1) is 10.3. The highest BCUT2D eigenvalue weighted by Gasteiger charge is 2.35. The fraction of sp³-hybridized carbons (Fsp3) is 0.286. The molecule has 1 unspecified atom stereocenters. The number of hydrogen-bond acceptors (Lipinski definition) is 3. The van der Waals surface area contributed by atoms with Gasteiger partial charge in [0.2, 0.25) is 0 Å². The molecule has 0 fully saturated rings. The van der Waals surface area contributed by atoms with Crippen molar-refractivity contribution in [1.82, 2.24) is 15.1 Å². The molecule has 2 aromatic rings. The highest BCUT2D eigenvalue weighted by molar-refractivity contribution is 5.92. The maximum atomic E-state index is 13.0. The van der Waals surface area contributed by atoms with E-state index >= 15 is 0 Å². The number of halogens is 3. The largest absolute Gasteiger partial charge is 0.416 e. The molecule has 8 heteroatoms. The van der Waals surface area contributed by atoms with Crippen molar-refractivity contribution in [1.29, 1.82) is 0 Å². The van der Waals surface area contributed by atoms with E-state index in [0.29, 0.717) is 0 Å². The van der Waals surface area contributed by atoms with Gasteiger partial charge in [0.15, 0.2) is 0 Å². The molecule has 1 heterocycles. The summed E-state index contributed by atoms with van der Waals surface area (Å²) in [5.74, 6) is -0.615. The Hall–Kier alpha value is -2.35. The molecule has 5 nitrogen and oxygen atoms in total. The topological polar surface area (TPSA) is 67.2 Å². The number of alkyl halides is 3. The molecular weight excluding hydrogens is 299 g/mol. The summed E-state index contributed by atoms with van der Waals surface area (Å²) in [6.45, 7) is -0.656. The van der Waals surface area contributed by atoms with Gasteiger partial charge in [-0.15, -0.1) is 0 Å². The molecule has 2 N–H and O–H groups in total. The highest BCUT2D eigenvalue weighted by Crippen LogP contribution is 2.34. The van der Waals surface area contributed by atoms with Crippen LogP contribution in [0.5, 0.6) is 0 Å². The molecule has 0 saturated carbocycles. The van der Waals surface area contributed by atoms with Crippen molar-refractivity contribution in [2.24, 2.45) is 7.05 Å². The van der Waals surface area contributed by atoms with Gasteiger partial charge in [-0.3, -0.25) is 9.48 Å². The lowest BCUT2D eigenvalue weighted by atomic mass is 10.00. The van der Waals surface area contributed by atoms with Crippen molar-refractivity contribution in [3.8, 4) is 0 Å². The molecule has 2 rings (SSSR count). The average Bonchev–Trinajstić information content (AvgIpc) is 2.90. The first-order valence-corrected chi connectivity index (χ1v) is 6.40. The van der Waals surface area contributed by atoms with Gasteiger partial charge in [-0.25, -0.2) is 0 Å². The van der Waals surface area contributed by atoms with E-state index in [1.807, 2.05) is 0 Å². The van der Waals surface area contributed by atoms with Gasteiger partial charge < -0.3 is 10.4 Å². The summed E-state index contributed by atoms with van der Waals surface area (Å²) in [5.41, 5.74) is -0.893. The van der Waals surface area contributed by atoms with Gasteiger partial charge in [0.1, 0.15) is 5.69 Å². The molecular formula is C14H14F3N3O2. The van der Waals surface area contributed by atoms with Gasteiger partial charge in [0.05, 0.1) is 18.2 Å². The molecule has 22 heavy (non-hydrogen) atoms. The second kappa shape index (κ2) is 6.18. The molecule has 0 aliphatic rings. The van der Waals surface area contributed by atoms with Crippen molar-refractivity contribution < 1.29 is 23.1 Å². The second-order valence-corrected chi connectivity index (χ2v) is 4.63. The first-order valence-electron chi connectivity index (χ1n) is 6.40. The number of hydrogen-bond donors (Lipinski definition) is 2. The zero-order valence-electron chi connectivity index (χ0n) is 11.6. The fourth-order valence-electron chi connectivity index (χ4n) is 2.11. The van der Waals surface area contributed by atoms with Crippen LogP contribution < -0.4 is 5.32 Å². The van der Waals surface area contributed by atoms with Crippen LogP contribution in [0.3, 0.4) is 0 Å². The van der Waals surface area contributed by atoms with E-state index in [9.17, 15) is 23.1 Å². The third-order valence-electron chi connectivity index (χ3n) is 3.18. The van der Waals surface area contributed by atoms with Crippen molar-refractivity contribution >= 4 is 5.91 Å². The van der Waals surface area contributed by atoms with Crippen LogP contribution in [0, 0.1) is 0 Å². The maximum Gasteiger partial charge on any atom is 0.416 e. The monoisotopic (exact) mass is 313 g/mol. The lowest BCUT2D eigenvalue weighted by Crippen LogP contribution is -2.33. The van der Waals surface area contributed by atoms with Crippen molar-refractivity contribution in [3.05, 3.63) is 53.3 Å². The van der Waals surface area contributed by atoms with Gasteiger partial charge in [-0.1, -0.05) is 18.2 Å². The lowest BCUT2D eigenvalue weighted by Gasteiger charge is -2.21. The molecule has 1 aromatic heterocycles. The Morgan fingerprint density at radius 3 is 2.59 bits per heavy atom. The molecule has 1 atom stereocenters. The van der Waals surface area contributed by atoms with Crippen LogP contribution in [0.1, 0.15) is 27.7 Å². The van der Waals surface area contributed by atoms with Gasteiger partial charge in [-0.05, 0) is 17.7 Å². The molecule has 0 aliphatic heterocycles. The number of aliphatic hydroxyl groups excluding tert-OH is 1. The molecule has 0 bridgehead atoms. The van der Waals surface area contributed by atoms with Gasteiger partial charge in [0.25, 0.3) is 5.91 Å². The molecule has 0 radical (unpaired) electrons. The smallest absolute Gasteiger partial charge is 0.394 e. The Bertz CT molecular complexity index is 667. The number of aromatic nitrogens is 2. The fourth-order valence-corrected chi connectivity index (χ4v) is 2.11. The van der Waals surface area contributed by atoms with E-state index in [-0.39, 0.29) is 11.3 Å². The Morgan fingerprint density at radius 2 is 2.05 bits per heavy atom. The quantitative estimate of drug-likeness (QED) is 0.906. The SMILES string of the molecule is Cn1nccc1C(=O)NC(CO)c1ccccc1C(F)(F)F. The van der Waals surface area contributed by atoms with Crippen LogP contribution in [0.25, 0.3) is 0 Å². The second-order valence-electron chi connectivity index (χ2n) is 4.63. The number of amides is 1. The molecule has 0 aliphatic carbocycles. The van der Waals surface area contributed by atoms with E-state index in [0.717, 1.165) is 6.07 Å². The normalized spacial score (nSPS) is 13.0. The maximum absolute atomic E-state index is 13.0. The summed E-state index contributed by atoms with van der Waals surface area (Å²) >= 11 is 0. The predicted octanol–water partition coefficient (Wildman–Crippen LogP) is 1.90. The van der Waals surface area contributed by atoms with Crippen molar-refractivity contribution in [3.63, 3.8) is 0 Å². The number of aliphatic hydroxyl groups is 1. The number of nitrogens with zero attached hydrogens (tertiary/aromatic N) is 2. The number of carbonyl (C=O) groups is 1. The minimum absolute atomic E-state index is 0.183. The average molecular weight is 313 g/mol. The van der Waals surface area contributed by atoms with E-state index in [1.54, 1.807) is 0 Å². The van der Waals surface area contributed by atoms with E-state index in [4.69, 9.17) is 0 Å². The molecule has 0 saturated heterocycles. The molecule has 1 amide bonds. The summed E-state index contributed by atoms with van der Waals surface area (Å²) in [6, 6.07) is 5.08. The summed E-state index contributed by atoms with van der Waals surface area (Å²) in [5, 5.41) is 15.6. The van der Waals surface area contributed by atoms with Crippen LogP contribution in [-0.4, -0.2) is 27.4 Å². The lowest BCUT2D eigenvalue weighted by molar-refractivity contribution is -0.138. The summed E-state index contributed by atoms with van der Waals surface area (Å²) in [4.78, 5) is 12.1. The van der Waals surface area contributed by atoms with Crippen LogP contribution in [0.4, 0.5) is 13.2 Å². The van der Waals surface area contributed by atoms with Gasteiger partial charge in [-0.2, -0.15) is 18.3 Å². The van der Waals surface area contributed by atoms with E-state index < -0.39 is 30.3 Å².